The number of rotatable bonds is 2. The lowest BCUT2D eigenvalue weighted by molar-refractivity contribution is 0.447. The first kappa shape index (κ1) is 12.2. The van der Waals surface area contributed by atoms with Gasteiger partial charge in [0.25, 0.3) is 0 Å². The lowest BCUT2D eigenvalue weighted by atomic mass is 9.87. The molecule has 1 aromatic rings. The van der Waals surface area contributed by atoms with Crippen molar-refractivity contribution in [2.24, 2.45) is 7.05 Å². The van der Waals surface area contributed by atoms with Gasteiger partial charge in [-0.05, 0) is 50.6 Å². The summed E-state index contributed by atoms with van der Waals surface area (Å²) in [4.78, 5) is 0. The van der Waals surface area contributed by atoms with Gasteiger partial charge in [0.1, 0.15) is 0 Å². The molecule has 1 N–H and O–H groups in total. The van der Waals surface area contributed by atoms with E-state index in [1.807, 2.05) is 0 Å². The third-order valence-corrected chi connectivity index (χ3v) is 4.86. The zero-order valence-electron chi connectivity index (χ0n) is 11.7. The number of hydrogen-bond acceptors (Lipinski definition) is 2. The predicted octanol–water partition coefficient (Wildman–Crippen LogP) is 2.85. The maximum atomic E-state index is 4.86. The van der Waals surface area contributed by atoms with E-state index in [0.717, 1.165) is 12.5 Å². The van der Waals surface area contributed by atoms with Gasteiger partial charge in [-0.1, -0.05) is 12.8 Å². The molecule has 0 bridgehead atoms. The van der Waals surface area contributed by atoms with Gasteiger partial charge in [-0.25, -0.2) is 0 Å². The molecule has 1 aromatic heterocycles. The quantitative estimate of drug-likeness (QED) is 0.871. The van der Waals surface area contributed by atoms with E-state index in [1.165, 1.54) is 56.5 Å². The Morgan fingerprint density at radius 1 is 1.11 bits per heavy atom. The Bertz CT molecular complexity index is 410. The van der Waals surface area contributed by atoms with Crippen molar-refractivity contribution in [2.75, 3.05) is 13.1 Å². The molecule has 0 radical (unpaired) electrons. The van der Waals surface area contributed by atoms with Gasteiger partial charge in [0.15, 0.2) is 0 Å². The summed E-state index contributed by atoms with van der Waals surface area (Å²) in [6.07, 6.45) is 8.16. The van der Waals surface area contributed by atoms with E-state index in [-0.39, 0.29) is 0 Å². The van der Waals surface area contributed by atoms with Crippen LogP contribution in [-0.2, 0) is 7.05 Å². The van der Waals surface area contributed by atoms with Crippen molar-refractivity contribution < 1.29 is 0 Å². The molecule has 0 spiro atoms. The molecule has 2 aliphatic rings. The van der Waals surface area contributed by atoms with Crippen LogP contribution in [0.3, 0.4) is 0 Å². The molecule has 1 aliphatic carbocycles. The standard InChI is InChI=1S/C15H25N3/c1-11-14(12-6-3-4-7-12)15(17-18(11)2)13-8-5-9-16-10-13/h12-13,16H,3-10H2,1-2H3. The Labute approximate surface area is 110 Å². The molecule has 1 aliphatic heterocycles. The number of aryl methyl sites for hydroxylation is 1. The van der Waals surface area contributed by atoms with Gasteiger partial charge in [-0.2, -0.15) is 5.10 Å². The second-order valence-corrected chi connectivity index (χ2v) is 6.03. The first-order chi connectivity index (χ1) is 8.77. The summed E-state index contributed by atoms with van der Waals surface area (Å²) in [5.41, 5.74) is 4.42. The van der Waals surface area contributed by atoms with Crippen molar-refractivity contribution in [1.29, 1.82) is 0 Å². The minimum Gasteiger partial charge on any atom is -0.316 e. The van der Waals surface area contributed by atoms with Gasteiger partial charge < -0.3 is 5.32 Å². The van der Waals surface area contributed by atoms with Crippen molar-refractivity contribution in [3.63, 3.8) is 0 Å². The highest BCUT2D eigenvalue weighted by Crippen LogP contribution is 2.40. The molecule has 3 nitrogen and oxygen atoms in total. The number of aromatic nitrogens is 2. The maximum Gasteiger partial charge on any atom is 0.0705 e. The van der Waals surface area contributed by atoms with Gasteiger partial charge in [-0.3, -0.25) is 4.68 Å². The predicted molar refractivity (Wildman–Crippen MR) is 74.0 cm³/mol. The van der Waals surface area contributed by atoms with Crippen LogP contribution >= 0.6 is 0 Å². The number of piperidine rings is 1. The molecule has 1 saturated carbocycles. The van der Waals surface area contributed by atoms with Gasteiger partial charge in [-0.15, -0.1) is 0 Å². The van der Waals surface area contributed by atoms with Crippen LogP contribution in [0.2, 0.25) is 0 Å². The van der Waals surface area contributed by atoms with E-state index in [1.54, 1.807) is 5.56 Å². The lowest BCUT2D eigenvalue weighted by Gasteiger charge is -2.23. The van der Waals surface area contributed by atoms with Crippen LogP contribution in [0.25, 0.3) is 0 Å². The maximum absolute atomic E-state index is 4.86. The monoisotopic (exact) mass is 247 g/mol. The van der Waals surface area contributed by atoms with E-state index in [9.17, 15) is 0 Å². The van der Waals surface area contributed by atoms with E-state index in [0.29, 0.717) is 5.92 Å². The summed E-state index contributed by atoms with van der Waals surface area (Å²) in [6.45, 7) is 4.55. The number of hydrogen-bond donors (Lipinski definition) is 1. The topological polar surface area (TPSA) is 29.9 Å². The molecule has 2 fully saturated rings. The fraction of sp³-hybridized carbons (Fsp3) is 0.800. The molecule has 0 amide bonds. The van der Waals surface area contributed by atoms with Gasteiger partial charge >= 0.3 is 0 Å². The Balaban J connectivity index is 1.94. The smallest absolute Gasteiger partial charge is 0.0705 e. The van der Waals surface area contributed by atoms with Crippen LogP contribution in [0.1, 0.15) is 67.3 Å². The molecule has 3 rings (SSSR count). The summed E-state index contributed by atoms with van der Waals surface area (Å²) in [5.74, 6) is 1.44. The van der Waals surface area contributed by atoms with Crippen LogP contribution < -0.4 is 5.32 Å². The normalized spacial score (nSPS) is 25.8. The van der Waals surface area contributed by atoms with E-state index < -0.39 is 0 Å². The zero-order valence-corrected chi connectivity index (χ0v) is 11.7. The molecular formula is C15H25N3. The molecule has 100 valence electrons. The van der Waals surface area contributed by atoms with Gasteiger partial charge in [0.05, 0.1) is 5.69 Å². The molecule has 2 heterocycles. The zero-order chi connectivity index (χ0) is 12.5. The second-order valence-electron chi connectivity index (χ2n) is 6.03. The summed E-state index contributed by atoms with van der Waals surface area (Å²) in [5, 5.41) is 8.39. The minimum atomic E-state index is 0.647. The van der Waals surface area contributed by atoms with Gasteiger partial charge in [0.2, 0.25) is 0 Å². The molecule has 3 heteroatoms. The van der Waals surface area contributed by atoms with Crippen molar-refractivity contribution >= 4 is 0 Å². The molecule has 1 unspecified atom stereocenters. The average molecular weight is 247 g/mol. The number of nitrogens with zero attached hydrogens (tertiary/aromatic N) is 2. The minimum absolute atomic E-state index is 0.647. The van der Waals surface area contributed by atoms with Crippen LogP contribution in [-0.4, -0.2) is 22.9 Å². The van der Waals surface area contributed by atoms with Crippen LogP contribution in [0.5, 0.6) is 0 Å². The largest absolute Gasteiger partial charge is 0.316 e. The van der Waals surface area contributed by atoms with E-state index >= 15 is 0 Å². The van der Waals surface area contributed by atoms with Crippen molar-refractivity contribution in [3.05, 3.63) is 17.0 Å². The Morgan fingerprint density at radius 2 is 1.83 bits per heavy atom. The Kier molecular flexibility index (Phi) is 3.42. The molecular weight excluding hydrogens is 222 g/mol. The van der Waals surface area contributed by atoms with Crippen molar-refractivity contribution in [1.82, 2.24) is 15.1 Å². The highest BCUT2D eigenvalue weighted by Gasteiger charge is 2.29. The summed E-state index contributed by atoms with van der Waals surface area (Å²) in [7, 11) is 2.10. The van der Waals surface area contributed by atoms with Crippen LogP contribution in [0, 0.1) is 6.92 Å². The third kappa shape index (κ3) is 2.09. The average Bonchev–Trinajstić information content (AvgIpc) is 3.00. The number of nitrogens with one attached hydrogen (secondary N) is 1. The van der Waals surface area contributed by atoms with Crippen molar-refractivity contribution in [3.8, 4) is 0 Å². The van der Waals surface area contributed by atoms with Gasteiger partial charge in [0, 0.05) is 25.2 Å². The van der Waals surface area contributed by atoms with Crippen LogP contribution in [0.4, 0.5) is 0 Å². The van der Waals surface area contributed by atoms with Crippen LogP contribution in [0.15, 0.2) is 0 Å². The molecule has 18 heavy (non-hydrogen) atoms. The van der Waals surface area contributed by atoms with E-state index in [2.05, 4.69) is 24.0 Å². The highest BCUT2D eigenvalue weighted by molar-refractivity contribution is 5.33. The summed E-state index contributed by atoms with van der Waals surface area (Å²) >= 11 is 0. The third-order valence-electron chi connectivity index (χ3n) is 4.86. The first-order valence-corrected chi connectivity index (χ1v) is 7.51. The van der Waals surface area contributed by atoms with E-state index in [4.69, 9.17) is 5.10 Å². The summed E-state index contributed by atoms with van der Waals surface area (Å²) in [6, 6.07) is 0. The second kappa shape index (κ2) is 5.04. The Morgan fingerprint density at radius 3 is 2.50 bits per heavy atom. The summed E-state index contributed by atoms with van der Waals surface area (Å²) < 4.78 is 2.11. The SMILES string of the molecule is Cc1c(C2CCCC2)c(C2CCCNC2)nn1C. The lowest BCUT2D eigenvalue weighted by Crippen LogP contribution is -2.29. The molecule has 1 saturated heterocycles. The van der Waals surface area contributed by atoms with Crippen molar-refractivity contribution in [2.45, 2.75) is 57.3 Å². The Hall–Kier alpha value is -0.830. The molecule has 1 atom stereocenters. The fourth-order valence-corrected chi connectivity index (χ4v) is 3.76. The molecule has 0 aromatic carbocycles. The highest BCUT2D eigenvalue weighted by atomic mass is 15.3. The fourth-order valence-electron chi connectivity index (χ4n) is 3.76. The first-order valence-electron chi connectivity index (χ1n) is 7.51.